The van der Waals surface area contributed by atoms with E-state index in [1.807, 2.05) is 0 Å². The molecular weight excluding hydrogens is 495 g/mol. The van der Waals surface area contributed by atoms with E-state index in [-0.39, 0.29) is 27.3 Å². The van der Waals surface area contributed by atoms with Gasteiger partial charge in [0.25, 0.3) is 5.56 Å². The zero-order chi connectivity index (χ0) is 25.3. The smallest absolute Gasteiger partial charge is 0.338 e. The lowest BCUT2D eigenvalue weighted by Gasteiger charge is -2.24. The Labute approximate surface area is 208 Å². The number of halogens is 2. The Hall–Kier alpha value is -3.56. The molecule has 10 heteroatoms. The van der Waals surface area contributed by atoms with Gasteiger partial charge in [-0.1, -0.05) is 41.1 Å². The van der Waals surface area contributed by atoms with E-state index in [0.29, 0.717) is 21.8 Å². The van der Waals surface area contributed by atoms with Gasteiger partial charge in [-0.3, -0.25) is 14.2 Å². The number of aromatic nitrogens is 1. The lowest BCUT2D eigenvalue weighted by Crippen LogP contribution is -2.39. The molecule has 0 spiro atoms. The molecular formula is C25H20ClFN2O5S. The Morgan fingerprint density at radius 3 is 2.57 bits per heavy atom. The number of fused-ring (bicyclic) bond motifs is 1. The van der Waals surface area contributed by atoms with Crippen LogP contribution >= 0.6 is 22.9 Å². The first-order valence-corrected chi connectivity index (χ1v) is 11.8. The number of allylic oxidation sites excluding steroid dienone is 1. The molecule has 0 N–H and O–H groups in total. The van der Waals surface area contributed by atoms with Crippen molar-refractivity contribution in [3.05, 3.63) is 95.4 Å². The van der Waals surface area contributed by atoms with E-state index in [0.717, 1.165) is 11.3 Å². The van der Waals surface area contributed by atoms with Crippen molar-refractivity contribution in [3.63, 3.8) is 0 Å². The highest BCUT2D eigenvalue weighted by Crippen LogP contribution is 2.31. The second-order valence-electron chi connectivity index (χ2n) is 7.60. The maximum atomic E-state index is 14.4. The van der Waals surface area contributed by atoms with Crippen molar-refractivity contribution in [2.24, 2.45) is 4.99 Å². The standard InChI is InChI=1S/C25H20ClFN2O5S/c1-4-33-24(32)21-13(2)28-25-29(22(21)15-8-10-16(11-9-15)34-14(3)30)23(31)20(35-25)12-17-18(26)6-5-7-19(17)27/h5-12,22H,4H2,1-3H3/t22-/m0/s1. The van der Waals surface area contributed by atoms with E-state index in [4.69, 9.17) is 21.1 Å². The third kappa shape index (κ3) is 4.82. The van der Waals surface area contributed by atoms with E-state index >= 15 is 0 Å². The summed E-state index contributed by atoms with van der Waals surface area (Å²) in [6.07, 6.45) is 1.38. The highest BCUT2D eigenvalue weighted by Gasteiger charge is 2.33. The number of thiazole rings is 1. The molecule has 0 saturated carbocycles. The number of carbonyl (C=O) groups excluding carboxylic acids is 2. The van der Waals surface area contributed by atoms with Crippen molar-refractivity contribution in [1.29, 1.82) is 0 Å². The van der Waals surface area contributed by atoms with Crippen LogP contribution in [0, 0.1) is 5.82 Å². The monoisotopic (exact) mass is 514 g/mol. The van der Waals surface area contributed by atoms with Gasteiger partial charge in [-0.05, 0) is 49.8 Å². The van der Waals surface area contributed by atoms with Gasteiger partial charge in [0, 0.05) is 12.5 Å². The van der Waals surface area contributed by atoms with Crippen molar-refractivity contribution in [1.82, 2.24) is 4.57 Å². The third-order valence-electron chi connectivity index (χ3n) is 5.25. The van der Waals surface area contributed by atoms with Gasteiger partial charge in [-0.15, -0.1) is 0 Å². The fourth-order valence-corrected chi connectivity index (χ4v) is 5.02. The van der Waals surface area contributed by atoms with Gasteiger partial charge in [-0.25, -0.2) is 14.2 Å². The van der Waals surface area contributed by atoms with Gasteiger partial charge in [0.05, 0.1) is 33.5 Å². The van der Waals surface area contributed by atoms with E-state index < -0.39 is 29.4 Å². The van der Waals surface area contributed by atoms with E-state index in [1.54, 1.807) is 38.1 Å². The highest BCUT2D eigenvalue weighted by molar-refractivity contribution is 7.07. The largest absolute Gasteiger partial charge is 0.463 e. The van der Waals surface area contributed by atoms with Crippen molar-refractivity contribution in [2.75, 3.05) is 6.61 Å². The molecule has 2 aromatic carbocycles. The molecule has 3 aromatic rings. The van der Waals surface area contributed by atoms with Crippen LogP contribution in [0.5, 0.6) is 5.75 Å². The number of nitrogens with zero attached hydrogens (tertiary/aromatic N) is 2. The molecule has 0 amide bonds. The number of esters is 2. The second-order valence-corrected chi connectivity index (χ2v) is 9.02. The predicted octanol–water partition coefficient (Wildman–Crippen LogP) is 3.52. The van der Waals surface area contributed by atoms with Crippen LogP contribution in [0.25, 0.3) is 6.08 Å². The van der Waals surface area contributed by atoms with Gasteiger partial charge < -0.3 is 9.47 Å². The van der Waals surface area contributed by atoms with Crippen molar-refractivity contribution in [3.8, 4) is 5.75 Å². The predicted molar refractivity (Wildman–Crippen MR) is 130 cm³/mol. The molecule has 4 rings (SSSR count). The molecule has 1 aromatic heterocycles. The first-order valence-electron chi connectivity index (χ1n) is 10.6. The maximum Gasteiger partial charge on any atom is 0.338 e. The maximum absolute atomic E-state index is 14.4. The zero-order valence-corrected chi connectivity index (χ0v) is 20.6. The van der Waals surface area contributed by atoms with Crippen molar-refractivity contribution in [2.45, 2.75) is 26.8 Å². The average molecular weight is 515 g/mol. The fourth-order valence-electron chi connectivity index (χ4n) is 3.77. The number of hydrogen-bond donors (Lipinski definition) is 0. The third-order valence-corrected chi connectivity index (χ3v) is 6.56. The topological polar surface area (TPSA) is 87.0 Å². The molecule has 180 valence electrons. The number of rotatable bonds is 5. The summed E-state index contributed by atoms with van der Waals surface area (Å²) in [6.45, 7) is 4.78. The Balaban J connectivity index is 1.94. The normalized spacial score (nSPS) is 15.5. The van der Waals surface area contributed by atoms with Crippen LogP contribution in [0.1, 0.15) is 37.9 Å². The molecule has 0 bridgehead atoms. The summed E-state index contributed by atoms with van der Waals surface area (Å²) in [4.78, 5) is 42.6. The molecule has 0 unspecified atom stereocenters. The molecule has 1 aliphatic heterocycles. The van der Waals surface area contributed by atoms with Crippen LogP contribution in [-0.2, 0) is 14.3 Å². The molecule has 35 heavy (non-hydrogen) atoms. The molecule has 1 atom stereocenters. The number of carbonyl (C=O) groups is 2. The molecule has 2 heterocycles. The molecule has 7 nitrogen and oxygen atoms in total. The summed E-state index contributed by atoms with van der Waals surface area (Å²) in [5.74, 6) is -1.32. The van der Waals surface area contributed by atoms with Crippen LogP contribution in [0.2, 0.25) is 5.02 Å². The molecule has 0 radical (unpaired) electrons. The minimum absolute atomic E-state index is 0.0862. The number of ether oxygens (including phenoxy) is 2. The Morgan fingerprint density at radius 1 is 1.23 bits per heavy atom. The minimum Gasteiger partial charge on any atom is -0.463 e. The van der Waals surface area contributed by atoms with E-state index in [1.165, 1.54) is 35.8 Å². The summed E-state index contributed by atoms with van der Waals surface area (Å²) in [5, 5.41) is 0.164. The van der Waals surface area contributed by atoms with Crippen molar-refractivity contribution < 1.29 is 23.5 Å². The SMILES string of the molecule is CCOC(=O)C1=C(C)N=c2sc(=Cc3c(F)cccc3Cl)c(=O)n2[C@H]1c1ccc(OC(C)=O)cc1. The molecule has 0 saturated heterocycles. The zero-order valence-electron chi connectivity index (χ0n) is 19.0. The molecule has 0 fully saturated rings. The first-order chi connectivity index (χ1) is 16.7. The number of hydrogen-bond acceptors (Lipinski definition) is 7. The second kappa shape index (κ2) is 9.97. The Morgan fingerprint density at radius 2 is 1.94 bits per heavy atom. The summed E-state index contributed by atoms with van der Waals surface area (Å²) < 4.78 is 26.3. The van der Waals surface area contributed by atoms with Gasteiger partial charge in [0.1, 0.15) is 11.6 Å². The lowest BCUT2D eigenvalue weighted by atomic mass is 9.96. The fraction of sp³-hybridized carbons (Fsp3) is 0.200. The quantitative estimate of drug-likeness (QED) is 0.384. The average Bonchev–Trinajstić information content (AvgIpc) is 3.10. The highest BCUT2D eigenvalue weighted by atomic mass is 35.5. The van der Waals surface area contributed by atoms with Crippen molar-refractivity contribution >= 4 is 41.0 Å². The van der Waals surface area contributed by atoms with E-state index in [2.05, 4.69) is 4.99 Å². The van der Waals surface area contributed by atoms with Gasteiger partial charge >= 0.3 is 11.9 Å². The van der Waals surface area contributed by atoms with Crippen LogP contribution < -0.4 is 19.6 Å². The van der Waals surface area contributed by atoms with Crippen LogP contribution in [0.4, 0.5) is 4.39 Å². The van der Waals surface area contributed by atoms with E-state index in [9.17, 15) is 18.8 Å². The summed E-state index contributed by atoms with van der Waals surface area (Å²) in [7, 11) is 0. The first kappa shape index (κ1) is 24.6. The van der Waals surface area contributed by atoms with Crippen LogP contribution in [0.15, 0.2) is 63.5 Å². The van der Waals surface area contributed by atoms with Gasteiger partial charge in [-0.2, -0.15) is 0 Å². The Bertz CT molecular complexity index is 1520. The summed E-state index contributed by atoms with van der Waals surface area (Å²) in [6, 6.07) is 9.88. The Kier molecular flexibility index (Phi) is 7.00. The van der Waals surface area contributed by atoms with Crippen LogP contribution in [0.3, 0.4) is 0 Å². The molecule has 0 aliphatic carbocycles. The van der Waals surface area contributed by atoms with Crippen LogP contribution in [-0.4, -0.2) is 23.1 Å². The molecule has 1 aliphatic rings. The van der Waals surface area contributed by atoms with Gasteiger partial charge in [0.15, 0.2) is 4.80 Å². The summed E-state index contributed by atoms with van der Waals surface area (Å²) >= 11 is 7.21. The lowest BCUT2D eigenvalue weighted by molar-refractivity contribution is -0.139. The minimum atomic E-state index is -0.852. The summed E-state index contributed by atoms with van der Waals surface area (Å²) in [5.41, 5.74) is 0.804. The van der Waals surface area contributed by atoms with Gasteiger partial charge in [0.2, 0.25) is 0 Å². The number of benzene rings is 2.